The average molecular weight is 514 g/mol. The zero-order chi connectivity index (χ0) is 25.6. The molecule has 0 radical (unpaired) electrons. The van der Waals surface area contributed by atoms with Crippen LogP contribution in [0.4, 0.5) is 11.5 Å². The Kier molecular flexibility index (Phi) is 6.96. The van der Waals surface area contributed by atoms with Crippen LogP contribution in [0, 0.1) is 11.3 Å². The van der Waals surface area contributed by atoms with E-state index in [9.17, 15) is 4.79 Å². The van der Waals surface area contributed by atoms with E-state index in [1.54, 1.807) is 65.6 Å². The Morgan fingerprint density at radius 1 is 1.11 bits per heavy atom. The molecule has 1 unspecified atom stereocenters. The zero-order valence-electron chi connectivity index (χ0n) is 19.3. The Labute approximate surface area is 217 Å². The predicted molar refractivity (Wildman–Crippen MR) is 137 cm³/mol. The molecule has 0 spiro atoms. The van der Waals surface area contributed by atoms with E-state index in [2.05, 4.69) is 25.8 Å². The molecule has 2 aromatic carbocycles. The molecule has 0 saturated carbocycles. The lowest BCUT2D eigenvalue weighted by Crippen LogP contribution is -2.53. The molecule has 1 amide bonds. The van der Waals surface area contributed by atoms with E-state index in [1.165, 1.54) is 6.26 Å². The predicted octanol–water partition coefficient (Wildman–Crippen LogP) is 4.68. The van der Waals surface area contributed by atoms with Crippen molar-refractivity contribution < 1.29 is 14.1 Å². The first kappa shape index (κ1) is 23.8. The Balaban J connectivity index is 1.33. The molecule has 10 nitrogen and oxygen atoms in total. The Hall–Kier alpha value is -4.88. The van der Waals surface area contributed by atoms with Crippen molar-refractivity contribution in [2.75, 3.05) is 17.2 Å². The fraction of sp³-hybridized carbons (Fsp3) is 0.115. The number of halogens is 1. The van der Waals surface area contributed by atoms with Gasteiger partial charge in [0.2, 0.25) is 11.8 Å². The average Bonchev–Trinajstić information content (AvgIpc) is 3.43. The van der Waals surface area contributed by atoms with Crippen LogP contribution in [0.25, 0.3) is 0 Å². The van der Waals surface area contributed by atoms with Crippen LogP contribution in [0.15, 0.2) is 88.6 Å². The van der Waals surface area contributed by atoms with E-state index in [0.717, 1.165) is 5.56 Å². The van der Waals surface area contributed by atoms with Gasteiger partial charge in [-0.25, -0.2) is 9.98 Å². The van der Waals surface area contributed by atoms with E-state index >= 15 is 0 Å². The van der Waals surface area contributed by atoms with Crippen LogP contribution in [-0.4, -0.2) is 39.5 Å². The molecule has 4 aromatic rings. The summed E-state index contributed by atoms with van der Waals surface area (Å²) >= 11 is 6.03. The van der Waals surface area contributed by atoms with E-state index in [1.807, 2.05) is 18.2 Å². The highest BCUT2D eigenvalue weighted by molar-refractivity contribution is 6.30. The SMILES string of the molecule is N#Cc1cccc(Oc2ccc(NC3=NCC(Nc4ccon4)C(=O)N3Cc3ccc(Cl)cc3)cc2)n1. The number of amides is 1. The second-order valence-corrected chi connectivity index (χ2v) is 8.46. The van der Waals surface area contributed by atoms with E-state index in [4.69, 9.17) is 26.1 Å². The minimum absolute atomic E-state index is 0.168. The number of aromatic nitrogens is 2. The summed E-state index contributed by atoms with van der Waals surface area (Å²) in [5.41, 5.74) is 1.87. The van der Waals surface area contributed by atoms with Crippen LogP contribution in [0.1, 0.15) is 11.3 Å². The number of pyridine rings is 1. The van der Waals surface area contributed by atoms with Crippen molar-refractivity contribution in [1.29, 1.82) is 5.26 Å². The summed E-state index contributed by atoms with van der Waals surface area (Å²) in [6.07, 6.45) is 1.43. The number of rotatable bonds is 7. The van der Waals surface area contributed by atoms with E-state index in [0.29, 0.717) is 40.7 Å². The smallest absolute Gasteiger partial charge is 0.254 e. The molecule has 5 rings (SSSR count). The molecule has 2 aromatic heterocycles. The summed E-state index contributed by atoms with van der Waals surface area (Å²) in [6.45, 7) is 0.508. The van der Waals surface area contributed by atoms with Gasteiger partial charge in [0.15, 0.2) is 5.82 Å². The van der Waals surface area contributed by atoms with Gasteiger partial charge in [0.1, 0.15) is 29.8 Å². The second-order valence-electron chi connectivity index (χ2n) is 8.02. The summed E-state index contributed by atoms with van der Waals surface area (Å²) < 4.78 is 10.6. The number of hydrogen-bond donors (Lipinski definition) is 2. The van der Waals surface area contributed by atoms with Gasteiger partial charge in [-0.05, 0) is 48.0 Å². The normalized spacial score (nSPS) is 15.0. The molecule has 37 heavy (non-hydrogen) atoms. The molecule has 0 saturated heterocycles. The van der Waals surface area contributed by atoms with E-state index < -0.39 is 6.04 Å². The highest BCUT2D eigenvalue weighted by Gasteiger charge is 2.32. The number of benzene rings is 2. The third-order valence-electron chi connectivity index (χ3n) is 5.43. The van der Waals surface area contributed by atoms with Gasteiger partial charge < -0.3 is 19.9 Å². The lowest BCUT2D eigenvalue weighted by molar-refractivity contribution is -0.129. The second kappa shape index (κ2) is 10.8. The maximum atomic E-state index is 13.4. The molecular weight excluding hydrogens is 494 g/mol. The number of guanidine groups is 1. The first-order valence-corrected chi connectivity index (χ1v) is 11.6. The van der Waals surface area contributed by atoms with Crippen LogP contribution in [-0.2, 0) is 11.3 Å². The molecule has 0 aliphatic carbocycles. The Bertz CT molecular complexity index is 1450. The molecule has 184 valence electrons. The topological polar surface area (TPSA) is 129 Å². The van der Waals surface area contributed by atoms with Crippen molar-refractivity contribution in [2.24, 2.45) is 4.99 Å². The van der Waals surface area contributed by atoms with Crippen molar-refractivity contribution in [3.05, 3.63) is 95.3 Å². The number of nitriles is 1. The molecule has 1 aliphatic rings. The molecular formula is C26H20ClN7O3. The lowest BCUT2D eigenvalue weighted by atomic mass is 10.1. The van der Waals surface area contributed by atoms with Crippen molar-refractivity contribution in [3.63, 3.8) is 0 Å². The largest absolute Gasteiger partial charge is 0.439 e. The van der Waals surface area contributed by atoms with Gasteiger partial charge in [-0.15, -0.1) is 0 Å². The van der Waals surface area contributed by atoms with Crippen molar-refractivity contribution in [1.82, 2.24) is 15.0 Å². The van der Waals surface area contributed by atoms with Crippen LogP contribution < -0.4 is 15.4 Å². The van der Waals surface area contributed by atoms with Gasteiger partial charge in [0.25, 0.3) is 5.91 Å². The first-order valence-electron chi connectivity index (χ1n) is 11.3. The van der Waals surface area contributed by atoms with Gasteiger partial charge in [-0.2, -0.15) is 5.26 Å². The van der Waals surface area contributed by atoms with Gasteiger partial charge in [-0.3, -0.25) is 9.69 Å². The molecule has 2 N–H and O–H groups in total. The lowest BCUT2D eigenvalue weighted by Gasteiger charge is -2.32. The number of anilines is 2. The first-order chi connectivity index (χ1) is 18.1. The van der Waals surface area contributed by atoms with Gasteiger partial charge in [0.05, 0.1) is 13.1 Å². The molecule has 0 fully saturated rings. The van der Waals surface area contributed by atoms with Crippen LogP contribution in [0.5, 0.6) is 11.6 Å². The molecule has 1 atom stereocenters. The standard InChI is InChI=1S/C26H20ClN7O3/c27-18-6-4-17(5-7-18)16-34-25(35)22(32-23-12-13-36-33-23)15-29-26(34)31-19-8-10-21(11-9-19)37-24-3-1-2-20(14-28)30-24/h1-13,22H,15-16H2,(H,29,31)(H,32,33). The fourth-order valence-corrected chi connectivity index (χ4v) is 3.75. The number of carbonyl (C=O) groups excluding carboxylic acids is 1. The quantitative estimate of drug-likeness (QED) is 0.364. The van der Waals surface area contributed by atoms with Gasteiger partial charge in [0, 0.05) is 22.8 Å². The number of ether oxygens (including phenoxy) is 1. The maximum Gasteiger partial charge on any atom is 0.254 e. The summed E-state index contributed by atoms with van der Waals surface area (Å²) in [6, 6.07) is 22.4. The third kappa shape index (κ3) is 5.86. The third-order valence-corrected chi connectivity index (χ3v) is 5.68. The molecule has 0 bridgehead atoms. The minimum Gasteiger partial charge on any atom is -0.439 e. The summed E-state index contributed by atoms with van der Waals surface area (Å²) in [4.78, 5) is 23.8. The summed E-state index contributed by atoms with van der Waals surface area (Å²) in [7, 11) is 0. The maximum absolute atomic E-state index is 13.4. The highest BCUT2D eigenvalue weighted by atomic mass is 35.5. The van der Waals surface area contributed by atoms with Gasteiger partial charge in [-0.1, -0.05) is 35.0 Å². The van der Waals surface area contributed by atoms with Crippen LogP contribution in [0.3, 0.4) is 0 Å². The van der Waals surface area contributed by atoms with Crippen molar-refractivity contribution in [3.8, 4) is 17.7 Å². The van der Waals surface area contributed by atoms with Crippen molar-refractivity contribution >= 4 is 35.0 Å². The number of nitrogens with one attached hydrogen (secondary N) is 2. The van der Waals surface area contributed by atoms with Gasteiger partial charge >= 0.3 is 0 Å². The van der Waals surface area contributed by atoms with Crippen LogP contribution in [0.2, 0.25) is 5.02 Å². The highest BCUT2D eigenvalue weighted by Crippen LogP contribution is 2.23. The number of aliphatic imine (C=N–C) groups is 1. The number of nitrogens with zero attached hydrogens (tertiary/aromatic N) is 5. The Morgan fingerprint density at radius 2 is 1.92 bits per heavy atom. The monoisotopic (exact) mass is 513 g/mol. The Morgan fingerprint density at radius 3 is 2.65 bits per heavy atom. The summed E-state index contributed by atoms with van der Waals surface area (Å²) in [5.74, 6) is 1.57. The van der Waals surface area contributed by atoms with E-state index in [-0.39, 0.29) is 18.1 Å². The number of hydrogen-bond acceptors (Lipinski definition) is 9. The van der Waals surface area contributed by atoms with Crippen molar-refractivity contribution in [2.45, 2.75) is 12.6 Å². The van der Waals surface area contributed by atoms with Crippen LogP contribution >= 0.6 is 11.6 Å². The molecule has 3 heterocycles. The molecule has 11 heteroatoms. The minimum atomic E-state index is -0.601. The fourth-order valence-electron chi connectivity index (χ4n) is 3.63. The zero-order valence-corrected chi connectivity index (χ0v) is 20.1. The number of carbonyl (C=O) groups is 1. The summed E-state index contributed by atoms with van der Waals surface area (Å²) in [5, 5.41) is 19.8. The molecule has 1 aliphatic heterocycles.